The van der Waals surface area contributed by atoms with Crippen molar-refractivity contribution in [1.29, 1.82) is 0 Å². The Morgan fingerprint density at radius 2 is 1.92 bits per heavy atom. The van der Waals surface area contributed by atoms with E-state index in [0.717, 1.165) is 39.3 Å². The minimum absolute atomic E-state index is 0.171. The summed E-state index contributed by atoms with van der Waals surface area (Å²) in [7, 11) is 1.40. The van der Waals surface area contributed by atoms with Crippen molar-refractivity contribution in [1.82, 2.24) is 15.1 Å². The monoisotopic (exact) mass is 529 g/mol. The molecule has 0 bridgehead atoms. The number of nitrogens with zero attached hydrogens (tertiary/aromatic N) is 3. The van der Waals surface area contributed by atoms with Gasteiger partial charge in [0.25, 0.3) is 11.8 Å². The Balaban J connectivity index is 1.60. The zero-order chi connectivity index (χ0) is 27.0. The second kappa shape index (κ2) is 12.7. The second-order valence-electron chi connectivity index (χ2n) is 8.62. The number of hydrogen-bond donors (Lipinski definition) is 2. The van der Waals surface area contributed by atoms with E-state index in [1.54, 1.807) is 6.07 Å². The highest BCUT2D eigenvalue weighted by Crippen LogP contribution is 2.32. The molecule has 1 unspecified atom stereocenters. The average molecular weight is 530 g/mol. The van der Waals surface area contributed by atoms with Crippen LogP contribution in [0, 0.1) is 5.92 Å². The molecule has 1 atom stereocenters. The molecule has 1 aliphatic heterocycles. The number of nitrogens with one attached hydrogen (secondary N) is 2. The van der Waals surface area contributed by atoms with E-state index in [1.165, 1.54) is 33.1 Å². The van der Waals surface area contributed by atoms with E-state index < -0.39 is 30.1 Å². The lowest BCUT2D eigenvalue weighted by atomic mass is 10.1. The maximum atomic E-state index is 12.6. The Morgan fingerprint density at radius 1 is 1.19 bits per heavy atom. The predicted molar refractivity (Wildman–Crippen MR) is 126 cm³/mol. The van der Waals surface area contributed by atoms with E-state index in [2.05, 4.69) is 30.5 Å². The Kier molecular flexibility index (Phi) is 9.69. The first-order valence-electron chi connectivity index (χ1n) is 11.7. The maximum absolute atomic E-state index is 12.6. The summed E-state index contributed by atoms with van der Waals surface area (Å²) in [5.41, 5.74) is 0.651. The Bertz CT molecular complexity index is 1060. The number of hydrogen-bond acceptors (Lipinski definition) is 10. The van der Waals surface area contributed by atoms with Gasteiger partial charge in [0, 0.05) is 31.4 Å². The Labute approximate surface area is 211 Å². The highest BCUT2D eigenvalue weighted by atomic mass is 19.4. The molecule has 2 N–H and O–H groups in total. The van der Waals surface area contributed by atoms with Crippen molar-refractivity contribution in [3.8, 4) is 17.2 Å². The van der Waals surface area contributed by atoms with Crippen LogP contribution in [-0.4, -0.2) is 85.8 Å². The van der Waals surface area contributed by atoms with Gasteiger partial charge in [0.2, 0.25) is 0 Å². The first-order valence-corrected chi connectivity index (χ1v) is 11.7. The molecule has 11 nitrogen and oxygen atoms in total. The molecule has 0 saturated carbocycles. The van der Waals surface area contributed by atoms with Gasteiger partial charge in [-0.25, -0.2) is 4.79 Å². The minimum atomic E-state index is -5.21. The fourth-order valence-corrected chi connectivity index (χ4v) is 3.56. The zero-order valence-electron chi connectivity index (χ0n) is 20.8. The number of methoxy groups -OCH3 is 1. The van der Waals surface area contributed by atoms with Crippen LogP contribution in [0.1, 0.15) is 20.3 Å². The molecule has 1 fully saturated rings. The molecule has 2 aromatic rings. The van der Waals surface area contributed by atoms with E-state index in [-0.39, 0.29) is 23.3 Å². The number of ether oxygens (including phenoxy) is 3. The molecule has 1 amide bonds. The average Bonchev–Trinajstić information content (AvgIpc) is 3.33. The zero-order valence-corrected chi connectivity index (χ0v) is 20.8. The van der Waals surface area contributed by atoms with E-state index in [9.17, 15) is 22.8 Å². The van der Waals surface area contributed by atoms with Crippen LogP contribution in [0.25, 0.3) is 11.5 Å². The standard InChI is InChI=1S/C23H30F3N5O6/c1-14(2)18(36-21(33)23(24,25)26)19(32)28-15-5-6-16(17(13-15)34-3)20-29-30-22(37-20)27-7-4-8-31-9-11-35-12-10-31/h5-6,13-14,18H,4,7-12H2,1-3H3,(H,27,30)(H,28,32). The summed E-state index contributed by atoms with van der Waals surface area (Å²) in [5, 5.41) is 13.5. The summed E-state index contributed by atoms with van der Waals surface area (Å²) in [6.45, 7) is 7.80. The van der Waals surface area contributed by atoms with Gasteiger partial charge >= 0.3 is 18.2 Å². The van der Waals surface area contributed by atoms with Crippen LogP contribution in [0.5, 0.6) is 5.75 Å². The van der Waals surface area contributed by atoms with E-state index in [1.807, 2.05) is 0 Å². The molecule has 37 heavy (non-hydrogen) atoms. The topological polar surface area (TPSA) is 128 Å². The van der Waals surface area contributed by atoms with Crippen molar-refractivity contribution >= 4 is 23.6 Å². The molecule has 2 heterocycles. The van der Waals surface area contributed by atoms with E-state index >= 15 is 0 Å². The number of aromatic nitrogens is 2. The molecule has 1 aromatic heterocycles. The molecule has 1 aliphatic rings. The fourth-order valence-electron chi connectivity index (χ4n) is 3.56. The number of carbonyl (C=O) groups excluding carboxylic acids is 2. The Morgan fingerprint density at radius 3 is 2.57 bits per heavy atom. The fraction of sp³-hybridized carbons (Fsp3) is 0.565. The number of anilines is 2. The summed E-state index contributed by atoms with van der Waals surface area (Å²) in [6.07, 6.45) is -5.98. The number of amides is 1. The van der Waals surface area contributed by atoms with Gasteiger partial charge in [-0.1, -0.05) is 18.9 Å². The van der Waals surface area contributed by atoms with Crippen LogP contribution in [0.15, 0.2) is 22.6 Å². The van der Waals surface area contributed by atoms with Crippen molar-refractivity contribution in [3.63, 3.8) is 0 Å². The first kappa shape index (κ1) is 28.2. The smallest absolute Gasteiger partial charge is 0.490 e. The van der Waals surface area contributed by atoms with Crippen LogP contribution in [-0.2, 0) is 19.1 Å². The summed E-state index contributed by atoms with van der Waals surface area (Å²) in [4.78, 5) is 26.1. The number of morpholine rings is 1. The maximum Gasteiger partial charge on any atom is 0.490 e. The van der Waals surface area contributed by atoms with Gasteiger partial charge in [0.15, 0.2) is 6.10 Å². The quantitative estimate of drug-likeness (QED) is 0.331. The van der Waals surface area contributed by atoms with Crippen molar-refractivity contribution in [2.45, 2.75) is 32.5 Å². The molecule has 0 spiro atoms. The van der Waals surface area contributed by atoms with Gasteiger partial charge in [-0.05, 0) is 31.0 Å². The van der Waals surface area contributed by atoms with Gasteiger partial charge in [-0.2, -0.15) is 13.2 Å². The van der Waals surface area contributed by atoms with E-state index in [4.69, 9.17) is 13.9 Å². The van der Waals surface area contributed by atoms with Crippen molar-refractivity contribution in [3.05, 3.63) is 18.2 Å². The largest absolute Gasteiger partial charge is 0.496 e. The highest BCUT2D eigenvalue weighted by Gasteiger charge is 2.44. The van der Waals surface area contributed by atoms with Crippen LogP contribution in [0.3, 0.4) is 0 Å². The molecular formula is C23H30F3N5O6. The third-order valence-corrected chi connectivity index (χ3v) is 5.48. The van der Waals surface area contributed by atoms with Crippen molar-refractivity contribution in [2.24, 2.45) is 5.92 Å². The summed E-state index contributed by atoms with van der Waals surface area (Å²) in [6, 6.07) is 4.72. The summed E-state index contributed by atoms with van der Waals surface area (Å²) < 4.78 is 58.5. The number of alkyl halides is 3. The molecule has 1 saturated heterocycles. The Hall–Kier alpha value is -3.39. The number of esters is 1. The molecule has 14 heteroatoms. The predicted octanol–water partition coefficient (Wildman–Crippen LogP) is 2.95. The lowest BCUT2D eigenvalue weighted by molar-refractivity contribution is -0.206. The number of benzene rings is 1. The lowest BCUT2D eigenvalue weighted by Gasteiger charge is -2.26. The third kappa shape index (κ3) is 8.05. The SMILES string of the molecule is COc1cc(NC(=O)C(OC(=O)C(F)(F)F)C(C)C)ccc1-c1nnc(NCCCN2CCOCC2)o1. The lowest BCUT2D eigenvalue weighted by Crippen LogP contribution is -2.40. The number of halogens is 3. The van der Waals surface area contributed by atoms with E-state index in [0.29, 0.717) is 12.1 Å². The van der Waals surface area contributed by atoms with Gasteiger partial charge < -0.3 is 29.3 Å². The number of carbonyl (C=O) groups is 2. The molecular weight excluding hydrogens is 499 g/mol. The normalized spacial score (nSPS) is 15.3. The van der Waals surface area contributed by atoms with Crippen LogP contribution in [0.2, 0.25) is 0 Å². The van der Waals surface area contributed by atoms with Crippen molar-refractivity contribution < 1.29 is 41.4 Å². The molecule has 0 radical (unpaired) electrons. The number of rotatable bonds is 11. The second-order valence-corrected chi connectivity index (χ2v) is 8.62. The van der Waals surface area contributed by atoms with Crippen molar-refractivity contribution in [2.75, 3.05) is 57.1 Å². The first-order chi connectivity index (χ1) is 17.6. The van der Waals surface area contributed by atoms with Crippen LogP contribution < -0.4 is 15.4 Å². The van der Waals surface area contributed by atoms with Crippen LogP contribution in [0.4, 0.5) is 24.9 Å². The molecule has 0 aliphatic carbocycles. The summed E-state index contributed by atoms with van der Waals surface area (Å²) in [5.74, 6) is -3.61. The van der Waals surface area contributed by atoms with Gasteiger partial charge in [0.1, 0.15) is 5.75 Å². The molecule has 3 rings (SSSR count). The van der Waals surface area contributed by atoms with Gasteiger partial charge in [0.05, 0.1) is 25.9 Å². The third-order valence-electron chi connectivity index (χ3n) is 5.48. The van der Waals surface area contributed by atoms with Gasteiger partial charge in [-0.15, -0.1) is 5.10 Å². The summed E-state index contributed by atoms with van der Waals surface area (Å²) >= 11 is 0. The highest BCUT2D eigenvalue weighted by molar-refractivity contribution is 5.96. The van der Waals surface area contributed by atoms with Gasteiger partial charge in [-0.3, -0.25) is 9.69 Å². The van der Waals surface area contributed by atoms with Crippen LogP contribution >= 0.6 is 0 Å². The molecule has 1 aromatic carbocycles. The minimum Gasteiger partial charge on any atom is -0.496 e. The molecule has 204 valence electrons.